The van der Waals surface area contributed by atoms with Gasteiger partial charge in [-0.1, -0.05) is 22.0 Å². The fourth-order valence-electron chi connectivity index (χ4n) is 1.40. The quantitative estimate of drug-likeness (QED) is 0.739. The lowest BCUT2D eigenvalue weighted by Gasteiger charge is -2.07. The summed E-state index contributed by atoms with van der Waals surface area (Å²) in [5.74, 6) is 0.160. The molecular weight excluding hydrogens is 296 g/mol. The minimum Gasteiger partial charge on any atom is -0.508 e. The van der Waals surface area contributed by atoms with Crippen LogP contribution >= 0.6 is 15.9 Å². The molecular formula is C13H11BrN2O2. The van der Waals surface area contributed by atoms with Gasteiger partial charge in [0.25, 0.3) is 0 Å². The molecule has 0 aliphatic heterocycles. The van der Waals surface area contributed by atoms with Crippen LogP contribution in [0.3, 0.4) is 0 Å². The first-order valence-corrected chi connectivity index (χ1v) is 6.05. The van der Waals surface area contributed by atoms with Gasteiger partial charge in [-0.25, -0.2) is 4.79 Å². The molecule has 0 saturated carbocycles. The Morgan fingerprint density at radius 1 is 1.00 bits per heavy atom. The minimum atomic E-state index is -0.334. The molecule has 0 spiro atoms. The van der Waals surface area contributed by atoms with Gasteiger partial charge in [0.05, 0.1) is 0 Å². The molecule has 5 heteroatoms. The molecule has 92 valence electrons. The molecule has 0 bridgehead atoms. The third-order valence-electron chi connectivity index (χ3n) is 2.21. The van der Waals surface area contributed by atoms with Crippen LogP contribution in [0.15, 0.2) is 53.0 Å². The number of anilines is 2. The van der Waals surface area contributed by atoms with Crippen molar-refractivity contribution in [1.82, 2.24) is 0 Å². The van der Waals surface area contributed by atoms with E-state index in [0.29, 0.717) is 11.4 Å². The normalized spacial score (nSPS) is 9.83. The van der Waals surface area contributed by atoms with Crippen molar-refractivity contribution in [2.75, 3.05) is 10.6 Å². The molecule has 0 fully saturated rings. The Hall–Kier alpha value is -2.01. The molecule has 0 radical (unpaired) electrons. The van der Waals surface area contributed by atoms with Crippen LogP contribution in [0.5, 0.6) is 5.75 Å². The summed E-state index contributed by atoms with van der Waals surface area (Å²) < 4.78 is 0.893. The Morgan fingerprint density at radius 2 is 1.67 bits per heavy atom. The van der Waals surface area contributed by atoms with E-state index in [0.717, 1.165) is 4.47 Å². The molecule has 2 rings (SSSR count). The van der Waals surface area contributed by atoms with Crippen LogP contribution in [0.2, 0.25) is 0 Å². The maximum atomic E-state index is 11.7. The van der Waals surface area contributed by atoms with E-state index in [9.17, 15) is 4.79 Å². The van der Waals surface area contributed by atoms with E-state index in [1.807, 2.05) is 12.1 Å². The summed E-state index contributed by atoms with van der Waals surface area (Å²) in [4.78, 5) is 11.7. The number of carbonyl (C=O) groups excluding carboxylic acids is 1. The first kappa shape index (κ1) is 12.4. The smallest absolute Gasteiger partial charge is 0.323 e. The second kappa shape index (κ2) is 5.55. The molecule has 0 heterocycles. The predicted molar refractivity (Wildman–Crippen MR) is 74.9 cm³/mol. The average Bonchev–Trinajstić information content (AvgIpc) is 2.32. The number of phenols is 1. The van der Waals surface area contributed by atoms with Gasteiger partial charge in [0.1, 0.15) is 5.75 Å². The lowest BCUT2D eigenvalue weighted by atomic mass is 10.3. The summed E-state index contributed by atoms with van der Waals surface area (Å²) in [6.07, 6.45) is 0. The number of rotatable bonds is 2. The first-order valence-electron chi connectivity index (χ1n) is 5.26. The summed E-state index contributed by atoms with van der Waals surface area (Å²) in [5, 5.41) is 14.5. The molecule has 0 saturated heterocycles. The van der Waals surface area contributed by atoms with E-state index >= 15 is 0 Å². The van der Waals surface area contributed by atoms with Crippen molar-refractivity contribution < 1.29 is 9.90 Å². The Labute approximate surface area is 113 Å². The Balaban J connectivity index is 1.98. The number of aromatic hydroxyl groups is 1. The second-order valence-electron chi connectivity index (χ2n) is 3.64. The Kier molecular flexibility index (Phi) is 3.84. The number of benzene rings is 2. The first-order chi connectivity index (χ1) is 8.63. The third-order valence-corrected chi connectivity index (χ3v) is 2.70. The maximum absolute atomic E-state index is 11.7. The summed E-state index contributed by atoms with van der Waals surface area (Å²) in [6.45, 7) is 0. The molecule has 2 aromatic rings. The fourth-order valence-corrected chi connectivity index (χ4v) is 1.80. The minimum absolute atomic E-state index is 0.160. The molecule has 0 aliphatic carbocycles. The van der Waals surface area contributed by atoms with Crippen LogP contribution in [0.4, 0.5) is 16.2 Å². The van der Waals surface area contributed by atoms with Gasteiger partial charge in [-0.3, -0.25) is 0 Å². The molecule has 2 aromatic carbocycles. The van der Waals surface area contributed by atoms with Crippen molar-refractivity contribution in [2.24, 2.45) is 0 Å². The van der Waals surface area contributed by atoms with Gasteiger partial charge in [-0.15, -0.1) is 0 Å². The summed E-state index contributed by atoms with van der Waals surface area (Å²) in [5.41, 5.74) is 1.31. The predicted octanol–water partition coefficient (Wildman–Crippen LogP) is 3.80. The topological polar surface area (TPSA) is 61.4 Å². The number of amides is 2. The van der Waals surface area contributed by atoms with Gasteiger partial charge in [0.2, 0.25) is 0 Å². The van der Waals surface area contributed by atoms with E-state index in [1.54, 1.807) is 24.3 Å². The number of hydrogen-bond donors (Lipinski definition) is 3. The number of urea groups is 1. The molecule has 3 N–H and O–H groups in total. The number of nitrogens with one attached hydrogen (secondary N) is 2. The largest absolute Gasteiger partial charge is 0.508 e. The zero-order chi connectivity index (χ0) is 13.0. The van der Waals surface area contributed by atoms with Gasteiger partial charge in [-0.05, 0) is 42.5 Å². The zero-order valence-corrected chi connectivity index (χ0v) is 10.9. The monoisotopic (exact) mass is 306 g/mol. The number of hydrogen-bond acceptors (Lipinski definition) is 2. The Bertz CT molecular complexity index is 555. The fraction of sp³-hybridized carbons (Fsp3) is 0. The van der Waals surface area contributed by atoms with Gasteiger partial charge in [0.15, 0.2) is 0 Å². The molecule has 0 aliphatic rings. The van der Waals surface area contributed by atoms with Crippen molar-refractivity contribution in [1.29, 1.82) is 0 Å². The molecule has 0 unspecified atom stereocenters. The van der Waals surface area contributed by atoms with E-state index in [-0.39, 0.29) is 11.8 Å². The van der Waals surface area contributed by atoms with Gasteiger partial charge >= 0.3 is 6.03 Å². The molecule has 0 aromatic heterocycles. The van der Waals surface area contributed by atoms with E-state index in [4.69, 9.17) is 5.11 Å². The molecule has 2 amide bonds. The van der Waals surface area contributed by atoms with Crippen LogP contribution < -0.4 is 10.6 Å². The van der Waals surface area contributed by atoms with Crippen molar-refractivity contribution >= 4 is 33.3 Å². The van der Waals surface area contributed by atoms with Crippen LogP contribution in [0.1, 0.15) is 0 Å². The molecule has 18 heavy (non-hydrogen) atoms. The number of carbonyl (C=O) groups is 1. The van der Waals surface area contributed by atoms with Gasteiger partial charge < -0.3 is 15.7 Å². The van der Waals surface area contributed by atoms with Crippen LogP contribution in [0.25, 0.3) is 0 Å². The second-order valence-corrected chi connectivity index (χ2v) is 4.55. The number of halogens is 1. The molecule has 4 nitrogen and oxygen atoms in total. The van der Waals surface area contributed by atoms with Crippen molar-refractivity contribution in [3.05, 3.63) is 53.0 Å². The number of phenolic OH excluding ortho intramolecular Hbond substituents is 1. The van der Waals surface area contributed by atoms with Crippen LogP contribution in [-0.2, 0) is 0 Å². The van der Waals surface area contributed by atoms with E-state index in [2.05, 4.69) is 26.6 Å². The zero-order valence-electron chi connectivity index (χ0n) is 9.35. The maximum Gasteiger partial charge on any atom is 0.323 e. The van der Waals surface area contributed by atoms with E-state index in [1.165, 1.54) is 12.1 Å². The van der Waals surface area contributed by atoms with Crippen molar-refractivity contribution in [2.45, 2.75) is 0 Å². The van der Waals surface area contributed by atoms with E-state index < -0.39 is 0 Å². The highest BCUT2D eigenvalue weighted by Crippen LogP contribution is 2.17. The summed E-state index contributed by atoms with van der Waals surface area (Å²) in [7, 11) is 0. The average molecular weight is 307 g/mol. The summed E-state index contributed by atoms with van der Waals surface area (Å²) >= 11 is 3.33. The lowest BCUT2D eigenvalue weighted by Crippen LogP contribution is -2.19. The van der Waals surface area contributed by atoms with Crippen molar-refractivity contribution in [3.8, 4) is 5.75 Å². The van der Waals surface area contributed by atoms with Crippen molar-refractivity contribution in [3.63, 3.8) is 0 Å². The summed E-state index contributed by atoms with van der Waals surface area (Å²) in [6, 6.07) is 13.2. The lowest BCUT2D eigenvalue weighted by molar-refractivity contribution is 0.262. The van der Waals surface area contributed by atoms with Gasteiger partial charge in [0, 0.05) is 15.8 Å². The standard InChI is InChI=1S/C13H11BrN2O2/c14-9-2-1-3-11(8-9)16-13(18)15-10-4-6-12(17)7-5-10/h1-8,17H,(H2,15,16,18). The van der Waals surface area contributed by atoms with Crippen LogP contribution in [0, 0.1) is 0 Å². The van der Waals surface area contributed by atoms with Gasteiger partial charge in [-0.2, -0.15) is 0 Å². The highest BCUT2D eigenvalue weighted by atomic mass is 79.9. The highest BCUT2D eigenvalue weighted by molar-refractivity contribution is 9.10. The van der Waals surface area contributed by atoms with Crippen LogP contribution in [-0.4, -0.2) is 11.1 Å². The SMILES string of the molecule is O=C(Nc1ccc(O)cc1)Nc1cccc(Br)c1. The highest BCUT2D eigenvalue weighted by Gasteiger charge is 2.02. The Morgan fingerprint density at radius 3 is 2.33 bits per heavy atom. The third kappa shape index (κ3) is 3.49. The molecule has 0 atom stereocenters.